The van der Waals surface area contributed by atoms with E-state index in [1.807, 2.05) is 59.7 Å². The van der Waals surface area contributed by atoms with Crippen molar-refractivity contribution in [2.75, 3.05) is 17.2 Å². The number of rotatable bonds is 7. The quantitative estimate of drug-likeness (QED) is 0.376. The molecule has 5 rings (SSSR count). The Morgan fingerprint density at radius 1 is 1.03 bits per heavy atom. The van der Waals surface area contributed by atoms with Gasteiger partial charge in [0.05, 0.1) is 24.2 Å². The molecule has 2 aromatic carbocycles. The predicted octanol–water partition coefficient (Wildman–Crippen LogP) is 4.48. The minimum absolute atomic E-state index is 0.0373. The second kappa shape index (κ2) is 10.4. The molecule has 0 unspecified atom stereocenters. The summed E-state index contributed by atoms with van der Waals surface area (Å²) in [5, 5.41) is 12.2. The van der Waals surface area contributed by atoms with Crippen LogP contribution in [-0.2, 0) is 17.8 Å². The molecule has 2 amide bonds. The van der Waals surface area contributed by atoms with Gasteiger partial charge in [0, 0.05) is 12.2 Å². The number of thioether (sulfide) groups is 1. The topological polar surface area (TPSA) is 93.3 Å². The number of amides is 2. The van der Waals surface area contributed by atoms with Crippen LogP contribution in [-0.4, -0.2) is 38.9 Å². The van der Waals surface area contributed by atoms with E-state index in [4.69, 9.17) is 4.42 Å². The number of carbonyl (C=O) groups is 2. The Bertz CT molecular complexity index is 1400. The standard InChI is InChI=1S/C27H27N5O3S/c1-18-8-5-12-21(19(18)2)32-24(16-28-26(34)23-13-7-15-35-23)29-30-27(32)36-17-25(33)31-14-6-10-20-9-3-4-11-22(20)31/h3-5,7-9,11-13,15H,6,10,14,16-17H2,1-2H3,(H,28,34). The van der Waals surface area contributed by atoms with E-state index < -0.39 is 0 Å². The van der Waals surface area contributed by atoms with E-state index in [9.17, 15) is 9.59 Å². The number of carbonyl (C=O) groups excluding carboxylic acids is 2. The fourth-order valence-corrected chi connectivity index (χ4v) is 5.22. The van der Waals surface area contributed by atoms with E-state index in [1.165, 1.54) is 23.6 Å². The summed E-state index contributed by atoms with van der Waals surface area (Å²) >= 11 is 1.35. The molecule has 3 heterocycles. The maximum Gasteiger partial charge on any atom is 0.287 e. The summed E-state index contributed by atoms with van der Waals surface area (Å²) in [5.74, 6) is 0.742. The first kappa shape index (κ1) is 23.9. The molecule has 2 aromatic heterocycles. The van der Waals surface area contributed by atoms with E-state index in [-0.39, 0.29) is 29.9 Å². The molecule has 0 bridgehead atoms. The summed E-state index contributed by atoms with van der Waals surface area (Å²) in [6, 6.07) is 17.4. The van der Waals surface area contributed by atoms with Gasteiger partial charge in [-0.25, -0.2) is 0 Å². The number of para-hydroxylation sites is 1. The van der Waals surface area contributed by atoms with Crippen molar-refractivity contribution in [3.05, 3.63) is 89.1 Å². The highest BCUT2D eigenvalue weighted by atomic mass is 32.2. The Hall–Kier alpha value is -3.85. The lowest BCUT2D eigenvalue weighted by atomic mass is 10.0. The van der Waals surface area contributed by atoms with Crippen molar-refractivity contribution < 1.29 is 14.0 Å². The largest absolute Gasteiger partial charge is 0.459 e. The average Bonchev–Trinajstić information content (AvgIpc) is 3.58. The molecule has 0 radical (unpaired) electrons. The first-order valence-electron chi connectivity index (χ1n) is 11.9. The van der Waals surface area contributed by atoms with Crippen molar-refractivity contribution in [2.45, 2.75) is 38.4 Å². The van der Waals surface area contributed by atoms with E-state index in [0.29, 0.717) is 17.5 Å². The molecule has 0 atom stereocenters. The number of fused-ring (bicyclic) bond motifs is 1. The highest BCUT2D eigenvalue weighted by molar-refractivity contribution is 7.99. The van der Waals surface area contributed by atoms with Gasteiger partial charge >= 0.3 is 0 Å². The molecule has 0 saturated carbocycles. The van der Waals surface area contributed by atoms with Crippen LogP contribution >= 0.6 is 11.8 Å². The number of anilines is 1. The molecule has 1 N–H and O–H groups in total. The molecule has 0 fully saturated rings. The summed E-state index contributed by atoms with van der Waals surface area (Å²) in [6.07, 6.45) is 3.40. The highest BCUT2D eigenvalue weighted by Crippen LogP contribution is 2.29. The van der Waals surface area contributed by atoms with Gasteiger partial charge in [-0.1, -0.05) is 42.1 Å². The van der Waals surface area contributed by atoms with Gasteiger partial charge in [0.15, 0.2) is 16.7 Å². The average molecular weight is 502 g/mol. The Labute approximate surface area is 213 Å². The van der Waals surface area contributed by atoms with Gasteiger partial charge in [-0.3, -0.25) is 14.2 Å². The molecule has 36 heavy (non-hydrogen) atoms. The van der Waals surface area contributed by atoms with Crippen molar-refractivity contribution in [2.24, 2.45) is 0 Å². The third-order valence-electron chi connectivity index (χ3n) is 6.41. The fraction of sp³-hybridized carbons (Fsp3) is 0.259. The van der Waals surface area contributed by atoms with E-state index in [1.54, 1.807) is 12.1 Å². The maximum atomic E-state index is 13.2. The third kappa shape index (κ3) is 4.79. The number of hydrogen-bond acceptors (Lipinski definition) is 6. The second-order valence-corrected chi connectivity index (χ2v) is 9.62. The Kier molecular flexibility index (Phi) is 6.90. The molecular formula is C27H27N5O3S. The van der Waals surface area contributed by atoms with Gasteiger partial charge in [-0.2, -0.15) is 0 Å². The number of nitrogens with one attached hydrogen (secondary N) is 1. The van der Waals surface area contributed by atoms with Crippen molar-refractivity contribution in [3.63, 3.8) is 0 Å². The minimum atomic E-state index is -0.330. The lowest BCUT2D eigenvalue weighted by Gasteiger charge is -2.29. The van der Waals surface area contributed by atoms with Gasteiger partial charge < -0.3 is 14.6 Å². The van der Waals surface area contributed by atoms with Crippen molar-refractivity contribution in [3.8, 4) is 5.69 Å². The Morgan fingerprint density at radius 2 is 1.86 bits per heavy atom. The summed E-state index contributed by atoms with van der Waals surface area (Å²) in [5.41, 5.74) is 5.32. The lowest BCUT2D eigenvalue weighted by molar-refractivity contribution is -0.116. The Morgan fingerprint density at radius 3 is 2.69 bits per heavy atom. The third-order valence-corrected chi connectivity index (χ3v) is 7.32. The molecule has 0 spiro atoms. The summed E-state index contributed by atoms with van der Waals surface area (Å²) in [7, 11) is 0. The summed E-state index contributed by atoms with van der Waals surface area (Å²) < 4.78 is 7.11. The van der Waals surface area contributed by atoms with Crippen LogP contribution < -0.4 is 10.2 Å². The SMILES string of the molecule is Cc1cccc(-n2c(CNC(=O)c3ccco3)nnc2SCC(=O)N2CCCc3ccccc32)c1C. The van der Waals surface area contributed by atoms with Crippen LogP contribution in [0.2, 0.25) is 0 Å². The van der Waals surface area contributed by atoms with Gasteiger partial charge in [0.1, 0.15) is 0 Å². The number of furan rings is 1. The Balaban J connectivity index is 1.39. The summed E-state index contributed by atoms with van der Waals surface area (Å²) in [4.78, 5) is 27.5. The van der Waals surface area contributed by atoms with Crippen molar-refractivity contribution in [1.29, 1.82) is 0 Å². The number of hydrogen-bond donors (Lipinski definition) is 1. The molecule has 9 heteroatoms. The maximum absolute atomic E-state index is 13.2. The van der Waals surface area contributed by atoms with Crippen LogP contribution in [0.3, 0.4) is 0 Å². The van der Waals surface area contributed by atoms with Crippen molar-refractivity contribution in [1.82, 2.24) is 20.1 Å². The zero-order chi connectivity index (χ0) is 25.1. The molecule has 8 nitrogen and oxygen atoms in total. The number of aromatic nitrogens is 3. The van der Waals surface area contributed by atoms with E-state index in [2.05, 4.69) is 21.6 Å². The minimum Gasteiger partial charge on any atom is -0.459 e. The van der Waals surface area contributed by atoms with Crippen LogP contribution in [0.5, 0.6) is 0 Å². The zero-order valence-corrected chi connectivity index (χ0v) is 21.0. The molecule has 4 aromatic rings. The zero-order valence-electron chi connectivity index (χ0n) is 20.2. The smallest absolute Gasteiger partial charge is 0.287 e. The van der Waals surface area contributed by atoms with E-state index in [0.717, 1.165) is 35.3 Å². The first-order valence-corrected chi connectivity index (χ1v) is 12.8. The van der Waals surface area contributed by atoms with Crippen LogP contribution in [0, 0.1) is 13.8 Å². The number of benzene rings is 2. The predicted molar refractivity (Wildman–Crippen MR) is 139 cm³/mol. The number of nitrogens with zero attached hydrogens (tertiary/aromatic N) is 4. The van der Waals surface area contributed by atoms with Crippen LogP contribution in [0.25, 0.3) is 5.69 Å². The van der Waals surface area contributed by atoms with Crippen LogP contribution in [0.4, 0.5) is 5.69 Å². The monoisotopic (exact) mass is 501 g/mol. The second-order valence-electron chi connectivity index (χ2n) is 8.68. The first-order chi connectivity index (χ1) is 17.5. The molecule has 0 aliphatic carbocycles. The van der Waals surface area contributed by atoms with Gasteiger partial charge in [0.25, 0.3) is 5.91 Å². The van der Waals surface area contributed by atoms with Gasteiger partial charge in [0.2, 0.25) is 5.91 Å². The molecule has 1 aliphatic heterocycles. The van der Waals surface area contributed by atoms with Crippen LogP contribution in [0.1, 0.15) is 39.5 Å². The molecule has 184 valence electrons. The normalized spacial score (nSPS) is 12.9. The van der Waals surface area contributed by atoms with Gasteiger partial charge in [-0.15, -0.1) is 10.2 Å². The summed E-state index contributed by atoms with van der Waals surface area (Å²) in [6.45, 7) is 4.96. The molecule has 0 saturated heterocycles. The van der Waals surface area contributed by atoms with Crippen molar-refractivity contribution >= 4 is 29.3 Å². The fourth-order valence-electron chi connectivity index (χ4n) is 4.38. The lowest BCUT2D eigenvalue weighted by Crippen LogP contribution is -2.36. The van der Waals surface area contributed by atoms with E-state index >= 15 is 0 Å². The highest BCUT2D eigenvalue weighted by Gasteiger charge is 2.24. The van der Waals surface area contributed by atoms with Gasteiger partial charge in [-0.05, 0) is 67.6 Å². The molecular weight excluding hydrogens is 474 g/mol. The van der Waals surface area contributed by atoms with Crippen LogP contribution in [0.15, 0.2) is 70.4 Å². The number of aryl methyl sites for hydroxylation is 2. The molecule has 1 aliphatic rings.